The molecule has 1 fully saturated rings. The Bertz CT molecular complexity index is 545. The summed E-state index contributed by atoms with van der Waals surface area (Å²) in [5, 5.41) is 9.57. The van der Waals surface area contributed by atoms with Gasteiger partial charge in [0.15, 0.2) is 0 Å². The zero-order chi connectivity index (χ0) is 16.2. The molecule has 22 heavy (non-hydrogen) atoms. The summed E-state index contributed by atoms with van der Waals surface area (Å²) in [7, 11) is -0.908. The third kappa shape index (κ3) is 3.96. The molecule has 0 aliphatic carbocycles. The first-order valence-corrected chi connectivity index (χ1v) is 9.51. The number of amides is 1. The second-order valence-corrected chi connectivity index (χ2v) is 7.66. The van der Waals surface area contributed by atoms with E-state index < -0.39 is 10.8 Å². The van der Waals surface area contributed by atoms with Gasteiger partial charge >= 0.3 is 0 Å². The van der Waals surface area contributed by atoms with E-state index in [0.29, 0.717) is 24.4 Å². The molecule has 1 aromatic rings. The van der Waals surface area contributed by atoms with Crippen molar-refractivity contribution in [2.45, 2.75) is 31.9 Å². The SMILES string of the molecule is CCC1(CO)CCN(C(=O)c2cccc(CS(C)=O)c2)CC1. The average Bonchev–Trinajstić information content (AvgIpc) is 2.54. The van der Waals surface area contributed by atoms with Crippen molar-refractivity contribution < 1.29 is 14.1 Å². The monoisotopic (exact) mass is 323 g/mol. The van der Waals surface area contributed by atoms with Gasteiger partial charge in [-0.3, -0.25) is 9.00 Å². The highest BCUT2D eigenvalue weighted by atomic mass is 32.2. The van der Waals surface area contributed by atoms with Gasteiger partial charge in [-0.1, -0.05) is 19.1 Å². The van der Waals surface area contributed by atoms with E-state index in [1.807, 2.05) is 29.2 Å². The number of hydrogen-bond donors (Lipinski definition) is 1. The van der Waals surface area contributed by atoms with Crippen molar-refractivity contribution in [3.63, 3.8) is 0 Å². The molecule has 4 nitrogen and oxygen atoms in total. The predicted molar refractivity (Wildman–Crippen MR) is 89.2 cm³/mol. The van der Waals surface area contributed by atoms with Gasteiger partial charge in [-0.05, 0) is 42.4 Å². The Kier molecular flexibility index (Phi) is 5.75. The van der Waals surface area contributed by atoms with Crippen molar-refractivity contribution in [1.82, 2.24) is 4.90 Å². The van der Waals surface area contributed by atoms with Crippen LogP contribution in [0.1, 0.15) is 42.1 Å². The number of carbonyl (C=O) groups is 1. The summed E-state index contributed by atoms with van der Waals surface area (Å²) in [4.78, 5) is 14.5. The number of aliphatic hydroxyl groups is 1. The van der Waals surface area contributed by atoms with Crippen molar-refractivity contribution in [2.75, 3.05) is 26.0 Å². The molecule has 122 valence electrons. The summed E-state index contributed by atoms with van der Waals surface area (Å²) >= 11 is 0. The zero-order valence-electron chi connectivity index (χ0n) is 13.4. The minimum absolute atomic E-state index is 0.0161. The van der Waals surface area contributed by atoms with Gasteiger partial charge in [0.1, 0.15) is 0 Å². The maximum atomic E-state index is 12.6. The minimum atomic E-state index is -0.908. The molecule has 1 aliphatic heterocycles. The average molecular weight is 323 g/mol. The molecule has 0 aromatic heterocycles. The molecule has 1 unspecified atom stereocenters. The topological polar surface area (TPSA) is 57.6 Å². The van der Waals surface area contributed by atoms with E-state index in [0.717, 1.165) is 24.8 Å². The molecule has 1 atom stereocenters. The summed E-state index contributed by atoms with van der Waals surface area (Å²) in [6.07, 6.45) is 4.32. The van der Waals surface area contributed by atoms with Crippen LogP contribution < -0.4 is 0 Å². The van der Waals surface area contributed by atoms with Gasteiger partial charge in [-0.25, -0.2) is 0 Å². The lowest BCUT2D eigenvalue weighted by Gasteiger charge is -2.40. The van der Waals surface area contributed by atoms with Gasteiger partial charge in [0.25, 0.3) is 5.91 Å². The van der Waals surface area contributed by atoms with Crippen LogP contribution in [0.25, 0.3) is 0 Å². The van der Waals surface area contributed by atoms with Crippen LogP contribution in [0, 0.1) is 5.41 Å². The van der Waals surface area contributed by atoms with E-state index >= 15 is 0 Å². The van der Waals surface area contributed by atoms with Gasteiger partial charge < -0.3 is 10.0 Å². The Morgan fingerprint density at radius 2 is 2.05 bits per heavy atom. The van der Waals surface area contributed by atoms with Crippen molar-refractivity contribution >= 4 is 16.7 Å². The quantitative estimate of drug-likeness (QED) is 0.903. The summed E-state index contributed by atoms with van der Waals surface area (Å²) < 4.78 is 11.3. The Hall–Kier alpha value is -1.20. The Morgan fingerprint density at radius 1 is 1.36 bits per heavy atom. The minimum Gasteiger partial charge on any atom is -0.396 e. The highest BCUT2D eigenvalue weighted by Gasteiger charge is 2.34. The molecule has 1 aromatic carbocycles. The third-order valence-electron chi connectivity index (χ3n) is 4.74. The molecule has 1 aliphatic rings. The van der Waals surface area contributed by atoms with Crippen LogP contribution in [-0.2, 0) is 16.6 Å². The number of benzene rings is 1. The van der Waals surface area contributed by atoms with Gasteiger partial charge in [-0.15, -0.1) is 0 Å². The van der Waals surface area contributed by atoms with Crippen LogP contribution in [0.4, 0.5) is 0 Å². The summed E-state index contributed by atoms with van der Waals surface area (Å²) in [6.45, 7) is 3.68. The van der Waals surface area contributed by atoms with Crippen molar-refractivity contribution in [3.8, 4) is 0 Å². The fraction of sp³-hybridized carbons (Fsp3) is 0.588. The Labute approximate surface area is 135 Å². The smallest absolute Gasteiger partial charge is 0.253 e. The van der Waals surface area contributed by atoms with Gasteiger partial charge in [0.05, 0.1) is 0 Å². The lowest BCUT2D eigenvalue weighted by atomic mass is 9.77. The number of nitrogens with zero attached hydrogens (tertiary/aromatic N) is 1. The van der Waals surface area contributed by atoms with Crippen LogP contribution in [0.2, 0.25) is 0 Å². The molecule has 5 heteroatoms. The number of hydrogen-bond acceptors (Lipinski definition) is 3. The van der Waals surface area contributed by atoms with Gasteiger partial charge in [-0.2, -0.15) is 0 Å². The summed E-state index contributed by atoms with van der Waals surface area (Å²) in [5.74, 6) is 0.510. The van der Waals surface area contributed by atoms with E-state index in [2.05, 4.69) is 6.92 Å². The Morgan fingerprint density at radius 3 is 2.59 bits per heavy atom. The van der Waals surface area contributed by atoms with Crippen LogP contribution in [0.3, 0.4) is 0 Å². The second kappa shape index (κ2) is 7.38. The first-order valence-electron chi connectivity index (χ1n) is 7.79. The molecule has 1 N–H and O–H groups in total. The molecular formula is C17H25NO3S. The first kappa shape index (κ1) is 17.2. The number of carbonyl (C=O) groups excluding carboxylic acids is 1. The molecule has 0 spiro atoms. The summed E-state index contributed by atoms with van der Waals surface area (Å²) in [6, 6.07) is 7.42. The second-order valence-electron chi connectivity index (χ2n) is 6.22. The van der Waals surface area contributed by atoms with Crippen LogP contribution in [0.5, 0.6) is 0 Å². The number of rotatable bonds is 5. The molecule has 0 bridgehead atoms. The molecule has 2 rings (SSSR count). The first-order chi connectivity index (χ1) is 10.5. The maximum Gasteiger partial charge on any atom is 0.253 e. The van der Waals surface area contributed by atoms with Crippen LogP contribution >= 0.6 is 0 Å². The molecule has 1 heterocycles. The molecule has 0 saturated carbocycles. The van der Waals surface area contributed by atoms with Crippen molar-refractivity contribution in [3.05, 3.63) is 35.4 Å². The normalized spacial score (nSPS) is 19.0. The van der Waals surface area contributed by atoms with Crippen molar-refractivity contribution in [1.29, 1.82) is 0 Å². The van der Waals surface area contributed by atoms with E-state index in [4.69, 9.17) is 0 Å². The predicted octanol–water partition coefficient (Wildman–Crippen LogP) is 2.19. The standard InChI is InChI=1S/C17H25NO3S/c1-3-17(13-19)7-9-18(10-8-17)16(20)15-6-4-5-14(11-15)12-22(2)21/h4-6,11,19H,3,7-10,12-13H2,1-2H3. The largest absolute Gasteiger partial charge is 0.396 e. The third-order valence-corrected chi connectivity index (χ3v) is 5.48. The van der Waals surface area contributed by atoms with Crippen LogP contribution in [-0.4, -0.2) is 46.1 Å². The summed E-state index contributed by atoms with van der Waals surface area (Å²) in [5.41, 5.74) is 1.58. The fourth-order valence-corrected chi connectivity index (χ4v) is 3.67. The van der Waals surface area contributed by atoms with E-state index in [-0.39, 0.29) is 17.9 Å². The van der Waals surface area contributed by atoms with Crippen LogP contribution in [0.15, 0.2) is 24.3 Å². The van der Waals surface area contributed by atoms with E-state index in [1.54, 1.807) is 6.26 Å². The van der Waals surface area contributed by atoms with E-state index in [1.165, 1.54) is 0 Å². The highest BCUT2D eigenvalue weighted by Crippen LogP contribution is 2.34. The zero-order valence-corrected chi connectivity index (χ0v) is 14.2. The maximum absolute atomic E-state index is 12.6. The number of piperidine rings is 1. The highest BCUT2D eigenvalue weighted by molar-refractivity contribution is 7.83. The van der Waals surface area contributed by atoms with Gasteiger partial charge in [0.2, 0.25) is 0 Å². The Balaban J connectivity index is 2.05. The number of aliphatic hydroxyl groups excluding tert-OH is 1. The fourth-order valence-electron chi connectivity index (χ4n) is 3.02. The molecular weight excluding hydrogens is 298 g/mol. The van der Waals surface area contributed by atoms with E-state index in [9.17, 15) is 14.1 Å². The molecule has 1 saturated heterocycles. The van der Waals surface area contributed by atoms with Crippen molar-refractivity contribution in [2.24, 2.45) is 5.41 Å². The lowest BCUT2D eigenvalue weighted by molar-refractivity contribution is 0.0338. The lowest BCUT2D eigenvalue weighted by Crippen LogP contribution is -2.44. The molecule has 0 radical (unpaired) electrons. The number of likely N-dealkylation sites (tertiary alicyclic amines) is 1. The molecule has 1 amide bonds. The van der Waals surface area contributed by atoms with Gasteiger partial charge in [0, 0.05) is 48.1 Å².